The Balaban J connectivity index is 1.49. The first-order chi connectivity index (χ1) is 19.3. The summed E-state index contributed by atoms with van der Waals surface area (Å²) in [6.07, 6.45) is 6.50. The number of nitrogens with zero attached hydrogens (tertiary/aromatic N) is 7. The third-order valence-corrected chi connectivity index (χ3v) is 9.64. The zero-order valence-electron chi connectivity index (χ0n) is 22.7. The fourth-order valence-corrected chi connectivity index (χ4v) is 7.24. The van der Waals surface area contributed by atoms with Gasteiger partial charge in [0.15, 0.2) is 5.03 Å². The number of imidazole rings is 1. The summed E-state index contributed by atoms with van der Waals surface area (Å²) in [6, 6.07) is 12.3. The smallest absolute Gasteiger partial charge is 0.409 e. The number of aromatic nitrogens is 3. The molecule has 0 N–H and O–H groups in total. The number of likely N-dealkylation sites (tertiary alicyclic amines) is 1. The van der Waals surface area contributed by atoms with Crippen LogP contribution < -0.4 is 4.90 Å². The maximum Gasteiger partial charge on any atom is 0.409 e. The molecule has 4 heterocycles. The van der Waals surface area contributed by atoms with Crippen molar-refractivity contribution in [2.45, 2.75) is 36.9 Å². The third-order valence-electron chi connectivity index (χ3n) is 7.81. The summed E-state index contributed by atoms with van der Waals surface area (Å²) in [4.78, 5) is 24.3. The van der Waals surface area contributed by atoms with Crippen molar-refractivity contribution >= 4 is 21.8 Å². The molecule has 11 nitrogen and oxygen atoms in total. The maximum absolute atomic E-state index is 14.1. The number of piperidine rings is 1. The highest BCUT2D eigenvalue weighted by Crippen LogP contribution is 2.34. The molecule has 1 saturated heterocycles. The van der Waals surface area contributed by atoms with Gasteiger partial charge in [-0.05, 0) is 61.1 Å². The lowest BCUT2D eigenvalue weighted by Crippen LogP contribution is -2.53. The highest BCUT2D eigenvalue weighted by molar-refractivity contribution is 7.89. The monoisotopic (exact) mass is 563 g/mol. The second kappa shape index (κ2) is 11.7. The summed E-state index contributed by atoms with van der Waals surface area (Å²) >= 11 is 0. The van der Waals surface area contributed by atoms with E-state index in [2.05, 4.69) is 20.9 Å². The molecule has 2 aliphatic heterocycles. The van der Waals surface area contributed by atoms with E-state index in [-0.39, 0.29) is 23.1 Å². The molecule has 1 fully saturated rings. The number of hydrogen-bond acceptors (Lipinski definition) is 8. The summed E-state index contributed by atoms with van der Waals surface area (Å²) in [5, 5.41) is 9.58. The first kappa shape index (κ1) is 27.6. The van der Waals surface area contributed by atoms with Gasteiger partial charge in [0.2, 0.25) is 0 Å². The van der Waals surface area contributed by atoms with Crippen molar-refractivity contribution < 1.29 is 17.9 Å². The minimum absolute atomic E-state index is 0.0109. The van der Waals surface area contributed by atoms with Crippen molar-refractivity contribution in [3.05, 3.63) is 71.9 Å². The maximum atomic E-state index is 14.1. The molecule has 2 aromatic heterocycles. The number of nitriles is 1. The van der Waals surface area contributed by atoms with Crippen LogP contribution in [0.5, 0.6) is 0 Å². The fourth-order valence-electron chi connectivity index (χ4n) is 5.62. The van der Waals surface area contributed by atoms with Crippen LogP contribution in [-0.4, -0.2) is 77.6 Å². The van der Waals surface area contributed by atoms with Gasteiger partial charge in [0.05, 0.1) is 37.3 Å². The Labute approximate surface area is 234 Å². The van der Waals surface area contributed by atoms with Crippen LogP contribution in [0.4, 0.5) is 10.5 Å². The molecule has 40 heavy (non-hydrogen) atoms. The average molecular weight is 564 g/mol. The lowest BCUT2D eigenvalue weighted by Gasteiger charge is -2.42. The van der Waals surface area contributed by atoms with E-state index < -0.39 is 10.0 Å². The van der Waals surface area contributed by atoms with Gasteiger partial charge in [0.25, 0.3) is 10.0 Å². The Morgan fingerprint density at radius 1 is 1.23 bits per heavy atom. The van der Waals surface area contributed by atoms with Gasteiger partial charge >= 0.3 is 6.09 Å². The van der Waals surface area contributed by atoms with Crippen molar-refractivity contribution in [1.82, 2.24) is 23.7 Å². The van der Waals surface area contributed by atoms with Crippen molar-refractivity contribution in [2.75, 3.05) is 38.2 Å². The largest absolute Gasteiger partial charge is 0.453 e. The minimum atomic E-state index is -3.94. The number of anilines is 1. The summed E-state index contributed by atoms with van der Waals surface area (Å²) in [5.74, 6) is 0.0664. The van der Waals surface area contributed by atoms with E-state index in [1.54, 1.807) is 33.7 Å². The predicted octanol–water partition coefficient (Wildman–Crippen LogP) is 2.79. The fraction of sp³-hybridized carbons (Fsp3) is 0.429. The lowest BCUT2D eigenvalue weighted by molar-refractivity contribution is 0.101. The topological polar surface area (TPSA) is 125 Å². The standard InChI is InChI=1S/C28H33N7O4S/c1-32-20-30-16-25(32)19-34-18-24(14-23-13-22(15-29)6-7-26(23)34)35(40(37,38)27-5-3-4-10-31-27)17-21-8-11-33(12-9-21)28(36)39-2/h3-7,10,13,16,20-21,24H,8-9,11-12,14,17-19H2,1-2H3/t24-/m1/s1. The number of ether oxygens (including phenoxy) is 1. The number of hydrogen-bond donors (Lipinski definition) is 0. The first-order valence-corrected chi connectivity index (χ1v) is 14.7. The van der Waals surface area contributed by atoms with Crippen molar-refractivity contribution in [2.24, 2.45) is 13.0 Å². The number of amides is 1. The second-order valence-corrected chi connectivity index (χ2v) is 12.2. The van der Waals surface area contributed by atoms with Crippen molar-refractivity contribution in [3.63, 3.8) is 0 Å². The van der Waals surface area contributed by atoms with E-state index in [0.29, 0.717) is 57.5 Å². The highest BCUT2D eigenvalue weighted by atomic mass is 32.2. The number of carbonyl (C=O) groups excluding carboxylic acids is 1. The number of rotatable bonds is 7. The molecule has 1 amide bonds. The number of fused-ring (bicyclic) bond motifs is 1. The van der Waals surface area contributed by atoms with Gasteiger partial charge in [-0.2, -0.15) is 9.57 Å². The Hall–Kier alpha value is -3.95. The number of aryl methyl sites for hydroxylation is 1. The predicted molar refractivity (Wildman–Crippen MR) is 148 cm³/mol. The number of pyridine rings is 1. The molecule has 210 valence electrons. The van der Waals surface area contributed by atoms with Crippen LogP contribution in [0.25, 0.3) is 0 Å². The number of benzene rings is 1. The molecule has 2 aliphatic rings. The average Bonchev–Trinajstić information content (AvgIpc) is 3.39. The number of sulfonamides is 1. The molecule has 1 aromatic carbocycles. The van der Waals surface area contributed by atoms with Gasteiger partial charge < -0.3 is 19.1 Å². The van der Waals surface area contributed by atoms with Gasteiger partial charge in [-0.25, -0.2) is 23.2 Å². The summed E-state index contributed by atoms with van der Waals surface area (Å²) < 4.78 is 36.7. The highest BCUT2D eigenvalue weighted by Gasteiger charge is 2.39. The van der Waals surface area contributed by atoms with Crippen molar-refractivity contribution in [1.29, 1.82) is 5.26 Å². The second-order valence-electron chi connectivity index (χ2n) is 10.3. The molecule has 0 aliphatic carbocycles. The number of methoxy groups -OCH3 is 1. The van der Waals surface area contributed by atoms with Crippen LogP contribution >= 0.6 is 0 Å². The molecule has 3 aromatic rings. The van der Waals surface area contributed by atoms with E-state index in [4.69, 9.17) is 4.74 Å². The first-order valence-electron chi connectivity index (χ1n) is 13.3. The van der Waals surface area contributed by atoms with Gasteiger partial charge in [0, 0.05) is 57.3 Å². The number of carbonyl (C=O) groups is 1. The van der Waals surface area contributed by atoms with Crippen molar-refractivity contribution in [3.8, 4) is 6.07 Å². The Bertz CT molecular complexity index is 1490. The molecule has 1 atom stereocenters. The Morgan fingerprint density at radius 2 is 2.02 bits per heavy atom. The van der Waals surface area contributed by atoms with Crippen LogP contribution in [-0.2, 0) is 34.8 Å². The van der Waals surface area contributed by atoms with E-state index in [1.165, 1.54) is 19.4 Å². The molecular formula is C28H33N7O4S. The molecule has 0 radical (unpaired) electrons. The van der Waals surface area contributed by atoms with Crippen LogP contribution in [0.15, 0.2) is 60.1 Å². The summed E-state index contributed by atoms with van der Waals surface area (Å²) in [7, 11) is -0.640. The minimum Gasteiger partial charge on any atom is -0.453 e. The molecule has 12 heteroatoms. The molecule has 5 rings (SSSR count). The van der Waals surface area contributed by atoms with Crippen LogP contribution in [0.1, 0.15) is 29.7 Å². The van der Waals surface area contributed by atoms with Crippen LogP contribution in [0.2, 0.25) is 0 Å². The van der Waals surface area contributed by atoms with Gasteiger partial charge in [-0.15, -0.1) is 0 Å². The molecule has 0 unspecified atom stereocenters. The van der Waals surface area contributed by atoms with E-state index in [1.807, 2.05) is 29.9 Å². The van der Waals surface area contributed by atoms with E-state index in [9.17, 15) is 18.5 Å². The normalized spacial score (nSPS) is 17.9. The SMILES string of the molecule is COC(=O)N1CCC(CN([C@@H]2Cc3cc(C#N)ccc3N(Cc3cncn3C)C2)S(=O)(=O)c2ccccn2)CC1. The summed E-state index contributed by atoms with van der Waals surface area (Å²) in [5.41, 5.74) is 3.44. The van der Waals surface area contributed by atoms with Crippen LogP contribution in [0, 0.1) is 17.2 Å². The zero-order chi connectivity index (χ0) is 28.3. The zero-order valence-corrected chi connectivity index (χ0v) is 23.5. The third kappa shape index (κ3) is 5.66. The van der Waals surface area contributed by atoms with Gasteiger partial charge in [-0.1, -0.05) is 6.07 Å². The Morgan fingerprint density at radius 3 is 2.67 bits per heavy atom. The van der Waals surface area contributed by atoms with Crippen LogP contribution in [0.3, 0.4) is 0 Å². The Kier molecular flexibility index (Phi) is 8.04. The lowest BCUT2D eigenvalue weighted by atomic mass is 9.93. The van der Waals surface area contributed by atoms with Gasteiger partial charge in [-0.3, -0.25) is 0 Å². The van der Waals surface area contributed by atoms with Gasteiger partial charge in [0.1, 0.15) is 0 Å². The van der Waals surface area contributed by atoms with E-state index >= 15 is 0 Å². The quantitative estimate of drug-likeness (QED) is 0.430. The molecule has 0 bridgehead atoms. The molecule has 0 saturated carbocycles. The summed E-state index contributed by atoms with van der Waals surface area (Å²) in [6.45, 7) is 2.35. The molecular weight excluding hydrogens is 530 g/mol. The van der Waals surface area contributed by atoms with E-state index in [0.717, 1.165) is 16.9 Å². The molecule has 0 spiro atoms.